The number of anilines is 1. The minimum Gasteiger partial charge on any atom is -0.387 e. The second-order valence-electron chi connectivity index (χ2n) is 6.46. The Hall–Kier alpha value is -1.91. The highest BCUT2D eigenvalue weighted by atomic mass is 19.1. The molecule has 0 amide bonds. The quantitative estimate of drug-likeness (QED) is 0.846. The second-order valence-corrected chi connectivity index (χ2v) is 6.46. The smallest absolute Gasteiger partial charge is 0.129 e. The molecule has 0 aliphatic carbocycles. The summed E-state index contributed by atoms with van der Waals surface area (Å²) in [6.07, 6.45) is 1.66. The van der Waals surface area contributed by atoms with Crippen LogP contribution in [-0.4, -0.2) is 24.7 Å². The van der Waals surface area contributed by atoms with Crippen LogP contribution < -0.4 is 10.2 Å². The number of nitrogens with one attached hydrogen (secondary N) is 1. The van der Waals surface area contributed by atoms with E-state index in [0.717, 1.165) is 13.1 Å². The largest absolute Gasteiger partial charge is 0.387 e. The van der Waals surface area contributed by atoms with Crippen molar-refractivity contribution in [1.29, 1.82) is 0 Å². The van der Waals surface area contributed by atoms with Gasteiger partial charge in [-0.05, 0) is 43.5 Å². The Labute approximate surface area is 143 Å². The van der Waals surface area contributed by atoms with Crippen LogP contribution in [-0.2, 0) is 0 Å². The van der Waals surface area contributed by atoms with Crippen LogP contribution in [0, 0.1) is 5.82 Å². The molecule has 128 valence electrons. The Bertz CT molecular complexity index is 670. The Morgan fingerprint density at radius 2 is 1.88 bits per heavy atom. The van der Waals surface area contributed by atoms with Gasteiger partial charge in [0.25, 0.3) is 0 Å². The zero-order chi connectivity index (χ0) is 16.9. The molecule has 0 aromatic heterocycles. The van der Waals surface area contributed by atoms with Crippen molar-refractivity contribution >= 4 is 5.69 Å². The Morgan fingerprint density at radius 3 is 2.62 bits per heavy atom. The number of nitrogens with zero attached hydrogens (tertiary/aromatic N) is 1. The maximum absolute atomic E-state index is 13.7. The van der Waals surface area contributed by atoms with Crippen LogP contribution in [0.4, 0.5) is 10.1 Å². The average Bonchev–Trinajstić information content (AvgIpc) is 3.14. The van der Waals surface area contributed by atoms with Gasteiger partial charge in [0.2, 0.25) is 0 Å². The maximum Gasteiger partial charge on any atom is 0.129 e. The predicted octanol–water partition coefficient (Wildman–Crippen LogP) is 3.81. The molecular formula is C20H25FN2O. The van der Waals surface area contributed by atoms with Crippen molar-refractivity contribution in [3.63, 3.8) is 0 Å². The van der Waals surface area contributed by atoms with Crippen molar-refractivity contribution in [3.8, 4) is 0 Å². The van der Waals surface area contributed by atoms with Crippen molar-refractivity contribution in [2.45, 2.75) is 31.9 Å². The van der Waals surface area contributed by atoms with Gasteiger partial charge in [0.05, 0.1) is 6.10 Å². The molecule has 0 radical (unpaired) electrons. The molecule has 2 aromatic rings. The van der Waals surface area contributed by atoms with Gasteiger partial charge in [-0.3, -0.25) is 0 Å². The molecule has 0 bridgehead atoms. The number of benzene rings is 2. The van der Waals surface area contributed by atoms with Crippen molar-refractivity contribution in [2.24, 2.45) is 0 Å². The molecule has 1 fully saturated rings. The van der Waals surface area contributed by atoms with Crippen LogP contribution in [0.3, 0.4) is 0 Å². The minimum absolute atomic E-state index is 0.0916. The highest BCUT2D eigenvalue weighted by molar-refractivity contribution is 5.49. The first-order chi connectivity index (χ1) is 11.6. The number of rotatable bonds is 6. The van der Waals surface area contributed by atoms with Gasteiger partial charge in [-0.1, -0.05) is 30.3 Å². The van der Waals surface area contributed by atoms with E-state index in [2.05, 4.69) is 41.4 Å². The normalized spacial score (nSPS) is 17.0. The van der Waals surface area contributed by atoms with Crippen LogP contribution >= 0.6 is 0 Å². The van der Waals surface area contributed by atoms with E-state index in [1.807, 2.05) is 0 Å². The molecule has 0 saturated carbocycles. The van der Waals surface area contributed by atoms with Crippen molar-refractivity contribution in [1.82, 2.24) is 5.32 Å². The summed E-state index contributed by atoms with van der Waals surface area (Å²) in [5.41, 5.74) is 2.77. The lowest BCUT2D eigenvalue weighted by atomic mass is 10.1. The summed E-state index contributed by atoms with van der Waals surface area (Å²) in [5, 5.41) is 13.5. The number of aliphatic hydroxyl groups is 1. The summed E-state index contributed by atoms with van der Waals surface area (Å²) in [6, 6.07) is 15.0. The highest BCUT2D eigenvalue weighted by Gasteiger charge is 2.16. The number of hydrogen-bond donors (Lipinski definition) is 2. The summed E-state index contributed by atoms with van der Waals surface area (Å²) in [6.45, 7) is 4.63. The summed E-state index contributed by atoms with van der Waals surface area (Å²) in [7, 11) is 0. The lowest BCUT2D eigenvalue weighted by Gasteiger charge is -2.22. The second kappa shape index (κ2) is 7.77. The Balaban J connectivity index is 1.61. The van der Waals surface area contributed by atoms with Crippen LogP contribution in [0.25, 0.3) is 0 Å². The SMILES string of the molecule is CC(NCC(O)c1ccccc1F)c1cccc(N2CCCC2)c1. The van der Waals surface area contributed by atoms with Gasteiger partial charge >= 0.3 is 0 Å². The van der Waals surface area contributed by atoms with Crippen LogP contribution in [0.15, 0.2) is 48.5 Å². The third-order valence-electron chi connectivity index (χ3n) is 4.72. The number of halogens is 1. The molecule has 3 rings (SSSR count). The first-order valence-electron chi connectivity index (χ1n) is 8.66. The third kappa shape index (κ3) is 3.94. The molecule has 3 nitrogen and oxygen atoms in total. The van der Waals surface area contributed by atoms with E-state index < -0.39 is 6.10 Å². The standard InChI is InChI=1S/C20H25FN2O/c1-15(22-14-20(24)18-9-2-3-10-19(18)21)16-7-6-8-17(13-16)23-11-4-5-12-23/h2-3,6-10,13,15,20,22,24H,4-5,11-12,14H2,1H3. The molecule has 1 aliphatic rings. The predicted molar refractivity (Wildman–Crippen MR) is 95.7 cm³/mol. The fraction of sp³-hybridized carbons (Fsp3) is 0.400. The van der Waals surface area contributed by atoms with Gasteiger partial charge in [0.1, 0.15) is 5.82 Å². The summed E-state index contributed by atoms with van der Waals surface area (Å²) < 4.78 is 13.7. The van der Waals surface area contributed by atoms with E-state index in [1.165, 1.54) is 30.2 Å². The fourth-order valence-electron chi connectivity index (χ4n) is 3.23. The van der Waals surface area contributed by atoms with Crippen LogP contribution in [0.5, 0.6) is 0 Å². The Morgan fingerprint density at radius 1 is 1.12 bits per heavy atom. The topological polar surface area (TPSA) is 35.5 Å². The zero-order valence-corrected chi connectivity index (χ0v) is 14.1. The first-order valence-corrected chi connectivity index (χ1v) is 8.66. The summed E-state index contributed by atoms with van der Waals surface area (Å²) in [5.74, 6) is -0.365. The number of aliphatic hydroxyl groups excluding tert-OH is 1. The zero-order valence-electron chi connectivity index (χ0n) is 14.1. The van der Waals surface area contributed by atoms with E-state index in [-0.39, 0.29) is 11.9 Å². The van der Waals surface area contributed by atoms with E-state index >= 15 is 0 Å². The molecule has 2 aromatic carbocycles. The number of hydrogen-bond acceptors (Lipinski definition) is 3. The lowest BCUT2D eigenvalue weighted by Crippen LogP contribution is -2.25. The van der Waals surface area contributed by atoms with Crippen molar-refractivity contribution in [3.05, 3.63) is 65.5 Å². The Kier molecular flexibility index (Phi) is 5.48. The first kappa shape index (κ1) is 16.9. The van der Waals surface area contributed by atoms with Gasteiger partial charge < -0.3 is 15.3 Å². The fourth-order valence-corrected chi connectivity index (χ4v) is 3.23. The van der Waals surface area contributed by atoms with Crippen molar-refractivity contribution in [2.75, 3.05) is 24.5 Å². The minimum atomic E-state index is -0.851. The molecule has 0 spiro atoms. The van der Waals surface area contributed by atoms with Gasteiger partial charge in [-0.2, -0.15) is 0 Å². The summed E-state index contributed by atoms with van der Waals surface area (Å²) >= 11 is 0. The van der Waals surface area contributed by atoms with E-state index in [0.29, 0.717) is 12.1 Å². The molecule has 1 heterocycles. The third-order valence-corrected chi connectivity index (χ3v) is 4.72. The van der Waals surface area contributed by atoms with Crippen LogP contribution in [0.1, 0.15) is 43.0 Å². The monoisotopic (exact) mass is 328 g/mol. The molecule has 4 heteroatoms. The molecule has 1 aliphatic heterocycles. The summed E-state index contributed by atoms with van der Waals surface area (Å²) in [4.78, 5) is 2.41. The van der Waals surface area contributed by atoms with E-state index in [9.17, 15) is 9.50 Å². The molecule has 2 unspecified atom stereocenters. The van der Waals surface area contributed by atoms with Gasteiger partial charge in [-0.15, -0.1) is 0 Å². The molecular weight excluding hydrogens is 303 g/mol. The van der Waals surface area contributed by atoms with Gasteiger partial charge in [0, 0.05) is 36.9 Å². The van der Waals surface area contributed by atoms with Gasteiger partial charge in [-0.25, -0.2) is 4.39 Å². The average molecular weight is 328 g/mol. The highest BCUT2D eigenvalue weighted by Crippen LogP contribution is 2.24. The lowest BCUT2D eigenvalue weighted by molar-refractivity contribution is 0.166. The van der Waals surface area contributed by atoms with Crippen LogP contribution in [0.2, 0.25) is 0 Å². The molecule has 2 atom stereocenters. The molecule has 2 N–H and O–H groups in total. The van der Waals surface area contributed by atoms with E-state index in [4.69, 9.17) is 0 Å². The molecule has 24 heavy (non-hydrogen) atoms. The van der Waals surface area contributed by atoms with E-state index in [1.54, 1.807) is 18.2 Å². The van der Waals surface area contributed by atoms with Gasteiger partial charge in [0.15, 0.2) is 0 Å². The van der Waals surface area contributed by atoms with Crippen molar-refractivity contribution < 1.29 is 9.50 Å². The maximum atomic E-state index is 13.7. The molecule has 1 saturated heterocycles.